The van der Waals surface area contributed by atoms with Gasteiger partial charge in [0.15, 0.2) is 0 Å². The number of hydrogen-bond acceptors (Lipinski definition) is 5. The van der Waals surface area contributed by atoms with E-state index in [2.05, 4.69) is 34.4 Å². The Morgan fingerprint density at radius 3 is 2.58 bits per heavy atom. The largest absolute Gasteiger partial charge is 0.381 e. The van der Waals surface area contributed by atoms with E-state index in [1.807, 2.05) is 6.92 Å². The molecular weight excluding hydrogens is 240 g/mol. The molecule has 1 aromatic rings. The Kier molecular flexibility index (Phi) is 4.96. The highest BCUT2D eigenvalue weighted by molar-refractivity contribution is 5.57. The standard InChI is InChI=1S/C14H24N4O/c1-4-15-13-10(2)14(18-11(3)17-13)16-7-5-12-6-8-19-9-12/h12H,4-9H2,1-3H3,(H2,15,16,17,18). The first-order chi connectivity index (χ1) is 9.20. The summed E-state index contributed by atoms with van der Waals surface area (Å²) >= 11 is 0. The van der Waals surface area contributed by atoms with Crippen molar-refractivity contribution in [1.29, 1.82) is 0 Å². The van der Waals surface area contributed by atoms with Gasteiger partial charge in [0.05, 0.1) is 0 Å². The van der Waals surface area contributed by atoms with E-state index < -0.39 is 0 Å². The summed E-state index contributed by atoms with van der Waals surface area (Å²) < 4.78 is 5.39. The van der Waals surface area contributed by atoms with E-state index in [0.717, 1.165) is 55.7 Å². The highest BCUT2D eigenvalue weighted by Crippen LogP contribution is 2.21. The van der Waals surface area contributed by atoms with Gasteiger partial charge in [-0.1, -0.05) is 0 Å². The smallest absolute Gasteiger partial charge is 0.134 e. The molecule has 0 saturated carbocycles. The Morgan fingerprint density at radius 2 is 1.95 bits per heavy atom. The van der Waals surface area contributed by atoms with E-state index in [0.29, 0.717) is 5.92 Å². The number of hydrogen-bond donors (Lipinski definition) is 2. The third-order valence-corrected chi connectivity index (χ3v) is 3.47. The molecule has 1 aromatic heterocycles. The predicted octanol–water partition coefficient (Wildman–Crippen LogP) is 2.36. The van der Waals surface area contributed by atoms with Crippen molar-refractivity contribution in [3.8, 4) is 0 Å². The lowest BCUT2D eigenvalue weighted by atomic mass is 10.1. The summed E-state index contributed by atoms with van der Waals surface area (Å²) in [7, 11) is 0. The molecule has 0 aliphatic carbocycles. The van der Waals surface area contributed by atoms with Crippen LogP contribution in [0, 0.1) is 19.8 Å². The summed E-state index contributed by atoms with van der Waals surface area (Å²) in [4.78, 5) is 8.91. The van der Waals surface area contributed by atoms with Crippen molar-refractivity contribution in [3.05, 3.63) is 11.4 Å². The van der Waals surface area contributed by atoms with Gasteiger partial charge in [0, 0.05) is 31.9 Å². The highest BCUT2D eigenvalue weighted by atomic mass is 16.5. The fourth-order valence-electron chi connectivity index (χ4n) is 2.35. The van der Waals surface area contributed by atoms with Crippen LogP contribution in [0.2, 0.25) is 0 Å². The summed E-state index contributed by atoms with van der Waals surface area (Å²) in [6, 6.07) is 0. The fraction of sp³-hybridized carbons (Fsp3) is 0.714. The molecule has 1 aliphatic rings. The van der Waals surface area contributed by atoms with E-state index in [1.165, 1.54) is 6.42 Å². The minimum atomic E-state index is 0.698. The zero-order valence-electron chi connectivity index (χ0n) is 12.1. The van der Waals surface area contributed by atoms with Gasteiger partial charge in [-0.3, -0.25) is 0 Å². The van der Waals surface area contributed by atoms with Crippen molar-refractivity contribution in [2.24, 2.45) is 5.92 Å². The Labute approximate surface area is 115 Å². The van der Waals surface area contributed by atoms with Crippen LogP contribution in [0.3, 0.4) is 0 Å². The number of aromatic nitrogens is 2. The molecule has 2 heterocycles. The van der Waals surface area contributed by atoms with Crippen molar-refractivity contribution < 1.29 is 4.74 Å². The molecule has 1 unspecified atom stereocenters. The predicted molar refractivity (Wildman–Crippen MR) is 77.7 cm³/mol. The van der Waals surface area contributed by atoms with Crippen LogP contribution in [0.1, 0.15) is 31.2 Å². The van der Waals surface area contributed by atoms with Crippen molar-refractivity contribution in [2.75, 3.05) is 36.9 Å². The lowest BCUT2D eigenvalue weighted by Crippen LogP contribution is -2.13. The molecule has 106 valence electrons. The number of rotatable bonds is 6. The molecule has 1 fully saturated rings. The van der Waals surface area contributed by atoms with E-state index in [9.17, 15) is 0 Å². The molecule has 0 amide bonds. The Bertz CT molecular complexity index is 416. The van der Waals surface area contributed by atoms with Crippen LogP contribution < -0.4 is 10.6 Å². The SMILES string of the molecule is CCNc1nc(C)nc(NCCC2CCOC2)c1C. The number of nitrogens with one attached hydrogen (secondary N) is 2. The maximum atomic E-state index is 5.39. The van der Waals surface area contributed by atoms with Gasteiger partial charge in [0.2, 0.25) is 0 Å². The van der Waals surface area contributed by atoms with E-state index in [1.54, 1.807) is 0 Å². The van der Waals surface area contributed by atoms with E-state index in [4.69, 9.17) is 4.74 Å². The third-order valence-electron chi connectivity index (χ3n) is 3.47. The second-order valence-corrected chi connectivity index (χ2v) is 5.07. The van der Waals surface area contributed by atoms with Gasteiger partial charge >= 0.3 is 0 Å². The Balaban J connectivity index is 1.94. The van der Waals surface area contributed by atoms with Crippen molar-refractivity contribution in [2.45, 2.75) is 33.6 Å². The molecule has 2 N–H and O–H groups in total. The molecule has 19 heavy (non-hydrogen) atoms. The quantitative estimate of drug-likeness (QED) is 0.826. The zero-order valence-corrected chi connectivity index (χ0v) is 12.1. The molecular formula is C14H24N4O. The normalized spacial score (nSPS) is 18.6. The van der Waals surface area contributed by atoms with Crippen molar-refractivity contribution in [3.63, 3.8) is 0 Å². The van der Waals surface area contributed by atoms with Crippen LogP contribution in [-0.2, 0) is 4.74 Å². The van der Waals surface area contributed by atoms with Gasteiger partial charge in [-0.15, -0.1) is 0 Å². The van der Waals surface area contributed by atoms with Gasteiger partial charge in [0.1, 0.15) is 17.5 Å². The first-order valence-corrected chi connectivity index (χ1v) is 7.11. The monoisotopic (exact) mass is 264 g/mol. The zero-order chi connectivity index (χ0) is 13.7. The molecule has 0 spiro atoms. The average molecular weight is 264 g/mol. The minimum Gasteiger partial charge on any atom is -0.381 e. The highest BCUT2D eigenvalue weighted by Gasteiger charge is 2.15. The summed E-state index contributed by atoms with van der Waals surface area (Å²) in [5.74, 6) is 3.38. The second-order valence-electron chi connectivity index (χ2n) is 5.07. The number of ether oxygens (including phenoxy) is 1. The van der Waals surface area contributed by atoms with Gasteiger partial charge in [-0.05, 0) is 39.5 Å². The summed E-state index contributed by atoms with van der Waals surface area (Å²) in [5.41, 5.74) is 1.09. The van der Waals surface area contributed by atoms with Gasteiger partial charge in [-0.2, -0.15) is 0 Å². The summed E-state index contributed by atoms with van der Waals surface area (Å²) in [6.45, 7) is 9.69. The maximum absolute atomic E-state index is 5.39. The second kappa shape index (κ2) is 6.70. The third kappa shape index (κ3) is 3.80. The van der Waals surface area contributed by atoms with Gasteiger partial charge in [0.25, 0.3) is 0 Å². The molecule has 5 heteroatoms. The summed E-state index contributed by atoms with van der Waals surface area (Å²) in [6.07, 6.45) is 2.32. The topological polar surface area (TPSA) is 59.1 Å². The molecule has 1 aliphatic heterocycles. The van der Waals surface area contributed by atoms with Crippen LogP contribution in [0.15, 0.2) is 0 Å². The van der Waals surface area contributed by atoms with Crippen molar-refractivity contribution >= 4 is 11.6 Å². The molecule has 1 atom stereocenters. The first-order valence-electron chi connectivity index (χ1n) is 7.11. The van der Waals surface area contributed by atoms with Crippen LogP contribution in [0.4, 0.5) is 11.6 Å². The number of aryl methyl sites for hydroxylation is 1. The molecule has 1 saturated heterocycles. The van der Waals surface area contributed by atoms with Crippen molar-refractivity contribution in [1.82, 2.24) is 9.97 Å². The fourth-order valence-corrected chi connectivity index (χ4v) is 2.35. The van der Waals surface area contributed by atoms with Gasteiger partial charge < -0.3 is 15.4 Å². The molecule has 0 radical (unpaired) electrons. The molecule has 0 aromatic carbocycles. The van der Waals surface area contributed by atoms with E-state index in [-0.39, 0.29) is 0 Å². The Morgan fingerprint density at radius 1 is 1.21 bits per heavy atom. The summed E-state index contributed by atoms with van der Waals surface area (Å²) in [5, 5.41) is 6.71. The first kappa shape index (κ1) is 14.1. The average Bonchev–Trinajstić information content (AvgIpc) is 2.88. The van der Waals surface area contributed by atoms with Crippen LogP contribution in [-0.4, -0.2) is 36.3 Å². The molecule has 0 bridgehead atoms. The lowest BCUT2D eigenvalue weighted by molar-refractivity contribution is 0.185. The van der Waals surface area contributed by atoms with Crippen LogP contribution >= 0.6 is 0 Å². The molecule has 2 rings (SSSR count). The van der Waals surface area contributed by atoms with E-state index >= 15 is 0 Å². The molecule has 5 nitrogen and oxygen atoms in total. The Hall–Kier alpha value is -1.36. The van der Waals surface area contributed by atoms with Crippen LogP contribution in [0.25, 0.3) is 0 Å². The van der Waals surface area contributed by atoms with Gasteiger partial charge in [-0.25, -0.2) is 9.97 Å². The lowest BCUT2D eigenvalue weighted by Gasteiger charge is -2.14. The maximum Gasteiger partial charge on any atom is 0.134 e. The van der Waals surface area contributed by atoms with Crippen LogP contribution in [0.5, 0.6) is 0 Å². The number of nitrogens with zero attached hydrogens (tertiary/aromatic N) is 2. The number of anilines is 2. The minimum absolute atomic E-state index is 0.698.